The molecule has 1 aromatic heterocycles. The Kier molecular flexibility index (Phi) is 2.59. The van der Waals surface area contributed by atoms with E-state index in [0.29, 0.717) is 11.4 Å². The van der Waals surface area contributed by atoms with Crippen molar-refractivity contribution in [3.05, 3.63) is 46.5 Å². The van der Waals surface area contributed by atoms with Crippen molar-refractivity contribution in [2.45, 2.75) is 6.92 Å². The normalized spacial score (nSPS) is 10.1. The van der Waals surface area contributed by atoms with E-state index in [9.17, 15) is 4.79 Å². The number of benzene rings is 1. The van der Waals surface area contributed by atoms with E-state index in [2.05, 4.69) is 9.97 Å². The lowest BCUT2D eigenvalue weighted by Gasteiger charge is -2.05. The SMILES string of the molecule is Cc1cc(Oc2ncc[nH]c2=O)ccc1N. The van der Waals surface area contributed by atoms with E-state index in [1.807, 2.05) is 6.92 Å². The number of aromatic nitrogens is 2. The molecule has 2 aromatic rings. The minimum atomic E-state index is -0.364. The molecule has 0 radical (unpaired) electrons. The summed E-state index contributed by atoms with van der Waals surface area (Å²) in [5, 5.41) is 0. The van der Waals surface area contributed by atoms with Crippen molar-refractivity contribution in [1.82, 2.24) is 9.97 Å². The van der Waals surface area contributed by atoms with Crippen LogP contribution in [0.2, 0.25) is 0 Å². The van der Waals surface area contributed by atoms with Crippen LogP contribution < -0.4 is 16.0 Å². The van der Waals surface area contributed by atoms with Crippen LogP contribution in [0, 0.1) is 6.92 Å². The standard InChI is InChI=1S/C11H11N3O2/c1-7-6-8(2-3-9(7)12)16-11-10(15)13-4-5-14-11/h2-6H,12H2,1H3,(H,13,15). The van der Waals surface area contributed by atoms with Gasteiger partial charge >= 0.3 is 5.56 Å². The van der Waals surface area contributed by atoms with Crippen LogP contribution in [0.5, 0.6) is 11.6 Å². The van der Waals surface area contributed by atoms with Crippen LogP contribution in [0.1, 0.15) is 5.56 Å². The summed E-state index contributed by atoms with van der Waals surface area (Å²) in [6.07, 6.45) is 2.91. The van der Waals surface area contributed by atoms with Crippen LogP contribution in [0.4, 0.5) is 5.69 Å². The molecule has 0 atom stereocenters. The Morgan fingerprint density at radius 3 is 2.94 bits per heavy atom. The van der Waals surface area contributed by atoms with E-state index in [4.69, 9.17) is 10.5 Å². The first-order valence-corrected chi connectivity index (χ1v) is 4.74. The van der Waals surface area contributed by atoms with Crippen molar-refractivity contribution in [2.75, 3.05) is 5.73 Å². The van der Waals surface area contributed by atoms with Gasteiger partial charge in [-0.25, -0.2) is 4.98 Å². The smallest absolute Gasteiger partial charge is 0.311 e. The third-order valence-corrected chi connectivity index (χ3v) is 2.13. The van der Waals surface area contributed by atoms with Gasteiger partial charge in [0.25, 0.3) is 5.88 Å². The summed E-state index contributed by atoms with van der Waals surface area (Å²) in [7, 11) is 0. The number of nitrogens with two attached hydrogens (primary N) is 1. The number of hydrogen-bond acceptors (Lipinski definition) is 4. The van der Waals surface area contributed by atoms with Crippen molar-refractivity contribution in [1.29, 1.82) is 0 Å². The lowest BCUT2D eigenvalue weighted by Crippen LogP contribution is -2.09. The van der Waals surface area contributed by atoms with Gasteiger partial charge in [0.15, 0.2) is 0 Å². The molecule has 1 heterocycles. The Hall–Kier alpha value is -2.30. The molecule has 16 heavy (non-hydrogen) atoms. The van der Waals surface area contributed by atoms with Crippen LogP contribution in [-0.2, 0) is 0 Å². The molecule has 0 aliphatic carbocycles. The summed E-state index contributed by atoms with van der Waals surface area (Å²) in [5.74, 6) is 0.558. The van der Waals surface area contributed by atoms with E-state index in [-0.39, 0.29) is 11.4 Å². The number of nitrogens with zero attached hydrogens (tertiary/aromatic N) is 1. The average molecular weight is 217 g/mol. The second-order valence-electron chi connectivity index (χ2n) is 3.34. The molecular formula is C11H11N3O2. The van der Waals surface area contributed by atoms with E-state index >= 15 is 0 Å². The Morgan fingerprint density at radius 2 is 2.25 bits per heavy atom. The summed E-state index contributed by atoms with van der Waals surface area (Å²) < 4.78 is 5.33. The van der Waals surface area contributed by atoms with Crippen LogP contribution in [0.25, 0.3) is 0 Å². The Morgan fingerprint density at radius 1 is 1.44 bits per heavy atom. The lowest BCUT2D eigenvalue weighted by atomic mass is 10.2. The van der Waals surface area contributed by atoms with Crippen molar-refractivity contribution in [3.8, 4) is 11.6 Å². The monoisotopic (exact) mass is 217 g/mol. The molecule has 0 amide bonds. The van der Waals surface area contributed by atoms with Crippen LogP contribution in [0.3, 0.4) is 0 Å². The summed E-state index contributed by atoms with van der Waals surface area (Å²) >= 11 is 0. The quantitative estimate of drug-likeness (QED) is 0.746. The van der Waals surface area contributed by atoms with Crippen molar-refractivity contribution >= 4 is 5.69 Å². The molecule has 5 heteroatoms. The Labute approximate surface area is 91.9 Å². The zero-order chi connectivity index (χ0) is 11.5. The van der Waals surface area contributed by atoms with Crippen LogP contribution >= 0.6 is 0 Å². The number of rotatable bonds is 2. The first kappa shape index (κ1) is 10.2. The van der Waals surface area contributed by atoms with Crippen molar-refractivity contribution in [2.24, 2.45) is 0 Å². The number of aryl methyl sites for hydroxylation is 1. The highest BCUT2D eigenvalue weighted by molar-refractivity contribution is 5.49. The third-order valence-electron chi connectivity index (χ3n) is 2.13. The highest BCUT2D eigenvalue weighted by atomic mass is 16.5. The average Bonchev–Trinajstić information content (AvgIpc) is 2.27. The molecule has 5 nitrogen and oxygen atoms in total. The molecule has 82 valence electrons. The molecule has 0 spiro atoms. The van der Waals surface area contributed by atoms with E-state index in [0.717, 1.165) is 5.56 Å². The Bertz CT molecular complexity index is 563. The predicted octanol–water partition coefficient (Wildman–Crippen LogP) is 1.45. The summed E-state index contributed by atoms with van der Waals surface area (Å²) in [6.45, 7) is 1.87. The predicted molar refractivity (Wildman–Crippen MR) is 60.5 cm³/mol. The number of nitrogen functional groups attached to an aromatic ring is 1. The summed E-state index contributed by atoms with van der Waals surface area (Å²) in [5.41, 5.74) is 6.89. The number of nitrogens with one attached hydrogen (secondary N) is 1. The van der Waals surface area contributed by atoms with Gasteiger partial charge in [-0.1, -0.05) is 0 Å². The molecule has 1 aromatic carbocycles. The minimum absolute atomic E-state index is 0.0201. The second kappa shape index (κ2) is 4.06. The summed E-state index contributed by atoms with van der Waals surface area (Å²) in [4.78, 5) is 17.6. The first-order chi connectivity index (χ1) is 7.66. The first-order valence-electron chi connectivity index (χ1n) is 4.74. The van der Waals surface area contributed by atoms with E-state index < -0.39 is 0 Å². The fraction of sp³-hybridized carbons (Fsp3) is 0.0909. The molecule has 2 rings (SSSR count). The van der Waals surface area contributed by atoms with Gasteiger partial charge in [-0.05, 0) is 30.7 Å². The lowest BCUT2D eigenvalue weighted by molar-refractivity contribution is 0.454. The zero-order valence-corrected chi connectivity index (χ0v) is 8.73. The maximum absolute atomic E-state index is 11.3. The molecule has 3 N–H and O–H groups in total. The number of hydrogen-bond donors (Lipinski definition) is 2. The molecule has 0 saturated carbocycles. The number of H-pyrrole nitrogens is 1. The van der Waals surface area contributed by atoms with Gasteiger partial charge in [0, 0.05) is 18.1 Å². The molecule has 0 fully saturated rings. The van der Waals surface area contributed by atoms with Gasteiger partial charge < -0.3 is 15.5 Å². The zero-order valence-electron chi connectivity index (χ0n) is 8.73. The Balaban J connectivity index is 2.31. The molecule has 0 saturated heterocycles. The van der Waals surface area contributed by atoms with Gasteiger partial charge in [0.05, 0.1) is 0 Å². The summed E-state index contributed by atoms with van der Waals surface area (Å²) in [6, 6.07) is 5.17. The molecular weight excluding hydrogens is 206 g/mol. The van der Waals surface area contributed by atoms with E-state index in [1.165, 1.54) is 12.4 Å². The van der Waals surface area contributed by atoms with Gasteiger partial charge in [-0.15, -0.1) is 0 Å². The third kappa shape index (κ3) is 2.03. The minimum Gasteiger partial charge on any atom is -0.435 e. The van der Waals surface area contributed by atoms with Crippen LogP contribution in [0.15, 0.2) is 35.4 Å². The topological polar surface area (TPSA) is 81.0 Å². The fourth-order valence-electron chi connectivity index (χ4n) is 1.23. The maximum atomic E-state index is 11.3. The van der Waals surface area contributed by atoms with Gasteiger partial charge in [-0.3, -0.25) is 4.79 Å². The number of anilines is 1. The second-order valence-corrected chi connectivity index (χ2v) is 3.34. The molecule has 0 aliphatic rings. The van der Waals surface area contributed by atoms with Gasteiger partial charge in [0.1, 0.15) is 5.75 Å². The number of ether oxygens (including phenoxy) is 1. The maximum Gasteiger partial charge on any atom is 0.311 e. The van der Waals surface area contributed by atoms with Crippen molar-refractivity contribution in [3.63, 3.8) is 0 Å². The molecule has 0 aliphatic heterocycles. The van der Waals surface area contributed by atoms with Gasteiger partial charge in [0.2, 0.25) is 0 Å². The van der Waals surface area contributed by atoms with Crippen LogP contribution in [-0.4, -0.2) is 9.97 Å². The highest BCUT2D eigenvalue weighted by Crippen LogP contribution is 2.21. The fourth-order valence-corrected chi connectivity index (χ4v) is 1.23. The van der Waals surface area contributed by atoms with E-state index in [1.54, 1.807) is 18.2 Å². The molecule has 0 unspecified atom stereocenters. The van der Waals surface area contributed by atoms with Crippen molar-refractivity contribution < 1.29 is 4.74 Å². The molecule has 0 bridgehead atoms. The highest BCUT2D eigenvalue weighted by Gasteiger charge is 2.04. The van der Waals surface area contributed by atoms with Gasteiger partial charge in [-0.2, -0.15) is 0 Å². The number of aromatic amines is 1. The largest absolute Gasteiger partial charge is 0.435 e.